The molecule has 0 saturated carbocycles. The Morgan fingerprint density at radius 2 is 1.86 bits per heavy atom. The molecule has 0 bridgehead atoms. The van der Waals surface area contributed by atoms with Crippen LogP contribution in [-0.2, 0) is 9.47 Å². The highest BCUT2D eigenvalue weighted by molar-refractivity contribution is 4.85. The molecule has 2 fully saturated rings. The average molecular weight is 201 g/mol. The lowest BCUT2D eigenvalue weighted by Crippen LogP contribution is -2.52. The summed E-state index contributed by atoms with van der Waals surface area (Å²) in [5.74, 6) is 0. The third-order valence-corrected chi connectivity index (χ3v) is 3.30. The Kier molecular flexibility index (Phi) is 3.38. The molecule has 2 rings (SSSR count). The normalized spacial score (nSPS) is 39.2. The Balaban J connectivity index is 1.91. The summed E-state index contributed by atoms with van der Waals surface area (Å²) in [6.07, 6.45) is 1.58. The quantitative estimate of drug-likeness (QED) is 0.675. The molecule has 2 heterocycles. The van der Waals surface area contributed by atoms with Crippen molar-refractivity contribution >= 4 is 0 Å². The van der Waals surface area contributed by atoms with Gasteiger partial charge in [0.1, 0.15) is 0 Å². The largest absolute Gasteiger partial charge is 0.391 e. The maximum Gasteiger partial charge on any atom is 0.0739 e. The maximum atomic E-state index is 9.84. The Morgan fingerprint density at radius 3 is 2.50 bits per heavy atom. The lowest BCUT2D eigenvalue weighted by atomic mass is 10.0. The van der Waals surface area contributed by atoms with Gasteiger partial charge >= 0.3 is 0 Å². The first-order chi connectivity index (χ1) is 6.79. The van der Waals surface area contributed by atoms with Gasteiger partial charge in [0.05, 0.1) is 25.4 Å². The summed E-state index contributed by atoms with van der Waals surface area (Å²) in [6, 6.07) is 0.604. The number of aliphatic hydroxyl groups excluding tert-OH is 1. The van der Waals surface area contributed by atoms with Gasteiger partial charge in [0.15, 0.2) is 0 Å². The van der Waals surface area contributed by atoms with Gasteiger partial charge < -0.3 is 14.6 Å². The van der Waals surface area contributed by atoms with Crippen LogP contribution in [-0.4, -0.2) is 61.7 Å². The number of rotatable bonds is 2. The fourth-order valence-corrected chi connectivity index (χ4v) is 2.21. The van der Waals surface area contributed by atoms with E-state index in [0.29, 0.717) is 19.3 Å². The lowest BCUT2D eigenvalue weighted by Gasteiger charge is -2.37. The molecule has 14 heavy (non-hydrogen) atoms. The molecular formula is C10H19NO3. The summed E-state index contributed by atoms with van der Waals surface area (Å²) >= 11 is 0. The Hall–Kier alpha value is -0.160. The molecule has 0 aliphatic carbocycles. The van der Waals surface area contributed by atoms with Gasteiger partial charge in [-0.2, -0.15) is 0 Å². The molecule has 2 aliphatic heterocycles. The third-order valence-electron chi connectivity index (χ3n) is 3.30. The van der Waals surface area contributed by atoms with Gasteiger partial charge in [-0.3, -0.25) is 4.90 Å². The van der Waals surface area contributed by atoms with Gasteiger partial charge in [0.25, 0.3) is 0 Å². The molecule has 4 nitrogen and oxygen atoms in total. The predicted octanol–water partition coefficient (Wildman–Crippen LogP) is -0.143. The molecule has 0 spiro atoms. The van der Waals surface area contributed by atoms with Crippen LogP contribution < -0.4 is 0 Å². The minimum Gasteiger partial charge on any atom is -0.391 e. The number of nitrogens with zero attached hydrogens (tertiary/aromatic N) is 1. The van der Waals surface area contributed by atoms with E-state index < -0.39 is 0 Å². The Morgan fingerprint density at radius 1 is 1.14 bits per heavy atom. The van der Waals surface area contributed by atoms with Gasteiger partial charge in [0.2, 0.25) is 0 Å². The van der Waals surface area contributed by atoms with E-state index in [0.717, 1.165) is 26.1 Å². The van der Waals surface area contributed by atoms with Gasteiger partial charge in [0, 0.05) is 19.3 Å². The molecule has 0 radical (unpaired) electrons. The highest BCUT2D eigenvalue weighted by Gasteiger charge is 2.32. The van der Waals surface area contributed by atoms with Crippen molar-refractivity contribution < 1.29 is 14.6 Å². The molecule has 82 valence electrons. The van der Waals surface area contributed by atoms with E-state index >= 15 is 0 Å². The van der Waals surface area contributed by atoms with Crippen LogP contribution in [0.5, 0.6) is 0 Å². The van der Waals surface area contributed by atoms with Crippen molar-refractivity contribution in [2.75, 3.05) is 33.5 Å². The molecule has 2 aliphatic rings. The van der Waals surface area contributed by atoms with E-state index in [-0.39, 0.29) is 12.1 Å². The van der Waals surface area contributed by atoms with E-state index in [1.165, 1.54) is 0 Å². The SMILES string of the molecule is CN(C1CCOC1)C1COCCC1O. The second-order valence-corrected chi connectivity index (χ2v) is 4.18. The summed E-state index contributed by atoms with van der Waals surface area (Å²) in [6.45, 7) is 2.97. The Labute approximate surface area is 84.8 Å². The highest BCUT2D eigenvalue weighted by Crippen LogP contribution is 2.19. The number of likely N-dealkylation sites (N-methyl/N-ethyl adjacent to an activating group) is 1. The van der Waals surface area contributed by atoms with Crippen LogP contribution in [0.15, 0.2) is 0 Å². The van der Waals surface area contributed by atoms with Crippen molar-refractivity contribution in [1.82, 2.24) is 4.90 Å². The summed E-state index contributed by atoms with van der Waals surface area (Å²) < 4.78 is 10.7. The molecular weight excluding hydrogens is 182 g/mol. The molecule has 3 unspecified atom stereocenters. The number of hydrogen-bond donors (Lipinski definition) is 1. The minimum atomic E-state index is -0.241. The van der Waals surface area contributed by atoms with Crippen molar-refractivity contribution in [3.63, 3.8) is 0 Å². The second kappa shape index (κ2) is 4.57. The molecule has 0 aromatic carbocycles. The topological polar surface area (TPSA) is 41.9 Å². The molecule has 4 heteroatoms. The number of aliphatic hydroxyl groups is 1. The first kappa shape index (κ1) is 10.4. The van der Waals surface area contributed by atoms with Crippen LogP contribution >= 0.6 is 0 Å². The first-order valence-corrected chi connectivity index (χ1v) is 5.34. The predicted molar refractivity (Wildman–Crippen MR) is 52.2 cm³/mol. The van der Waals surface area contributed by atoms with Gasteiger partial charge in [-0.05, 0) is 19.9 Å². The number of hydrogen-bond acceptors (Lipinski definition) is 4. The van der Waals surface area contributed by atoms with Crippen molar-refractivity contribution in [1.29, 1.82) is 0 Å². The van der Waals surface area contributed by atoms with E-state index in [4.69, 9.17) is 9.47 Å². The van der Waals surface area contributed by atoms with Crippen molar-refractivity contribution in [3.8, 4) is 0 Å². The standard InChI is InChI=1S/C10H19NO3/c1-11(8-2-4-13-6-8)9-7-14-5-3-10(9)12/h8-10,12H,2-7H2,1H3. The fraction of sp³-hybridized carbons (Fsp3) is 1.00. The maximum absolute atomic E-state index is 9.84. The van der Waals surface area contributed by atoms with E-state index in [9.17, 15) is 5.11 Å². The van der Waals surface area contributed by atoms with Crippen LogP contribution in [0.25, 0.3) is 0 Å². The molecule has 0 aromatic heterocycles. The van der Waals surface area contributed by atoms with Crippen LogP contribution in [0, 0.1) is 0 Å². The summed E-state index contributed by atoms with van der Waals surface area (Å²) in [5.41, 5.74) is 0. The van der Waals surface area contributed by atoms with Crippen molar-refractivity contribution in [3.05, 3.63) is 0 Å². The van der Waals surface area contributed by atoms with Crippen LogP contribution in [0.4, 0.5) is 0 Å². The third kappa shape index (κ3) is 2.08. The minimum absolute atomic E-state index is 0.149. The zero-order chi connectivity index (χ0) is 9.97. The molecule has 3 atom stereocenters. The average Bonchev–Trinajstić information content (AvgIpc) is 2.70. The number of ether oxygens (including phenoxy) is 2. The zero-order valence-electron chi connectivity index (χ0n) is 8.69. The van der Waals surface area contributed by atoms with Crippen LogP contribution in [0.3, 0.4) is 0 Å². The fourth-order valence-electron chi connectivity index (χ4n) is 2.21. The summed E-state index contributed by atoms with van der Waals surface area (Å²) in [4.78, 5) is 2.22. The molecule has 0 amide bonds. The van der Waals surface area contributed by atoms with Gasteiger partial charge in [-0.15, -0.1) is 0 Å². The monoisotopic (exact) mass is 201 g/mol. The molecule has 2 saturated heterocycles. The first-order valence-electron chi connectivity index (χ1n) is 5.34. The zero-order valence-corrected chi connectivity index (χ0v) is 8.69. The van der Waals surface area contributed by atoms with Crippen LogP contribution in [0.1, 0.15) is 12.8 Å². The van der Waals surface area contributed by atoms with Crippen molar-refractivity contribution in [2.24, 2.45) is 0 Å². The van der Waals surface area contributed by atoms with E-state index in [1.54, 1.807) is 0 Å². The molecule has 1 N–H and O–H groups in total. The van der Waals surface area contributed by atoms with E-state index in [2.05, 4.69) is 11.9 Å². The van der Waals surface area contributed by atoms with Gasteiger partial charge in [-0.1, -0.05) is 0 Å². The Bertz CT molecular complexity index is 182. The van der Waals surface area contributed by atoms with E-state index in [1.807, 2.05) is 0 Å². The smallest absolute Gasteiger partial charge is 0.0739 e. The second-order valence-electron chi connectivity index (χ2n) is 4.18. The lowest BCUT2D eigenvalue weighted by molar-refractivity contribution is -0.0653. The highest BCUT2D eigenvalue weighted by atomic mass is 16.5. The van der Waals surface area contributed by atoms with Gasteiger partial charge in [-0.25, -0.2) is 0 Å². The van der Waals surface area contributed by atoms with Crippen molar-refractivity contribution in [2.45, 2.75) is 31.0 Å². The molecule has 0 aromatic rings. The van der Waals surface area contributed by atoms with Crippen LogP contribution in [0.2, 0.25) is 0 Å². The summed E-state index contributed by atoms with van der Waals surface area (Å²) in [5, 5.41) is 9.84. The summed E-state index contributed by atoms with van der Waals surface area (Å²) in [7, 11) is 2.06.